The number of nitrogens with one attached hydrogen (secondary N) is 2. The smallest absolute Gasteiger partial charge is 0.314 e. The van der Waals surface area contributed by atoms with E-state index in [0.29, 0.717) is 34.9 Å². The topological polar surface area (TPSA) is 120 Å². The summed E-state index contributed by atoms with van der Waals surface area (Å²) in [5.74, 6) is -0.571. The molecule has 5 rings (SSSR count). The lowest BCUT2D eigenvalue weighted by atomic mass is 9.87. The maximum absolute atomic E-state index is 13.3. The van der Waals surface area contributed by atoms with Crippen LogP contribution in [-0.2, 0) is 22.6 Å². The molecule has 2 unspecified atom stereocenters. The van der Waals surface area contributed by atoms with Crippen LogP contribution in [0.5, 0.6) is 0 Å². The number of benzene rings is 1. The highest BCUT2D eigenvalue weighted by Crippen LogP contribution is 2.35. The largest absolute Gasteiger partial charge is 0.383 e. The molecule has 0 bridgehead atoms. The van der Waals surface area contributed by atoms with Crippen molar-refractivity contribution in [1.82, 2.24) is 25.0 Å². The fourth-order valence-corrected chi connectivity index (χ4v) is 5.00. The van der Waals surface area contributed by atoms with Gasteiger partial charge in [-0.15, -0.1) is 0 Å². The van der Waals surface area contributed by atoms with Crippen LogP contribution in [0, 0.1) is 5.92 Å². The average Bonchev–Trinajstić information content (AvgIpc) is 3.31. The summed E-state index contributed by atoms with van der Waals surface area (Å²) in [5, 5.41) is 10.1. The highest BCUT2D eigenvalue weighted by molar-refractivity contribution is 6.40. The average molecular weight is 448 g/mol. The second-order valence-electron chi connectivity index (χ2n) is 9.34. The lowest BCUT2D eigenvalue weighted by Gasteiger charge is -2.39. The van der Waals surface area contributed by atoms with Crippen LogP contribution in [0.15, 0.2) is 30.6 Å². The van der Waals surface area contributed by atoms with Crippen molar-refractivity contribution in [3.05, 3.63) is 47.3 Å². The number of hydrogen-bond acceptors (Lipinski definition) is 6. The highest BCUT2D eigenvalue weighted by Gasteiger charge is 2.35. The Bertz CT molecular complexity index is 1220. The van der Waals surface area contributed by atoms with E-state index in [1.807, 2.05) is 0 Å². The fourth-order valence-electron chi connectivity index (χ4n) is 5.00. The summed E-state index contributed by atoms with van der Waals surface area (Å²) < 4.78 is 0. The summed E-state index contributed by atoms with van der Waals surface area (Å²) in [6, 6.07) is 6.42. The van der Waals surface area contributed by atoms with E-state index in [9.17, 15) is 9.59 Å². The number of nitrogens with zero attached hydrogens (tertiary/aromatic N) is 4. The maximum Gasteiger partial charge on any atom is 0.314 e. The third-order valence-electron chi connectivity index (χ3n) is 6.86. The van der Waals surface area contributed by atoms with Gasteiger partial charge in [0, 0.05) is 19.6 Å². The Morgan fingerprint density at radius 2 is 2.06 bits per heavy atom. The normalized spacial score (nSPS) is 21.1. The second kappa shape index (κ2) is 8.47. The van der Waals surface area contributed by atoms with Gasteiger partial charge in [-0.25, -0.2) is 4.98 Å². The van der Waals surface area contributed by atoms with Gasteiger partial charge in [0.2, 0.25) is 0 Å². The van der Waals surface area contributed by atoms with Crippen molar-refractivity contribution in [2.45, 2.75) is 38.8 Å². The highest BCUT2D eigenvalue weighted by atomic mass is 16.2. The van der Waals surface area contributed by atoms with E-state index in [1.54, 1.807) is 11.1 Å². The number of carbonyl (C=O) groups excluding carboxylic acids is 2. The van der Waals surface area contributed by atoms with Gasteiger partial charge in [0.15, 0.2) is 0 Å². The molecule has 172 valence electrons. The van der Waals surface area contributed by atoms with Crippen molar-refractivity contribution in [3.63, 3.8) is 0 Å². The Labute approximate surface area is 192 Å². The molecule has 1 fully saturated rings. The number of hydrogen-bond donors (Lipinski definition) is 3. The van der Waals surface area contributed by atoms with Gasteiger partial charge in [-0.1, -0.05) is 25.1 Å². The number of nitrogens with two attached hydrogens (primary N) is 1. The molecule has 2 aliphatic heterocycles. The number of pyridine rings is 1. The van der Waals surface area contributed by atoms with Gasteiger partial charge in [-0.05, 0) is 48.9 Å². The molecule has 1 saturated heterocycles. The van der Waals surface area contributed by atoms with Crippen molar-refractivity contribution >= 4 is 34.2 Å². The number of rotatable bonds is 2. The molecule has 0 saturated carbocycles. The molecule has 2 atom stereocenters. The molecule has 4 heterocycles. The van der Waals surface area contributed by atoms with Crippen LogP contribution >= 0.6 is 0 Å². The molecule has 2 aromatic heterocycles. The number of nitrogen functional groups attached to an aromatic ring is 1. The van der Waals surface area contributed by atoms with Gasteiger partial charge in [0.1, 0.15) is 5.82 Å². The summed E-state index contributed by atoms with van der Waals surface area (Å²) in [5.41, 5.74) is 10.6. The van der Waals surface area contributed by atoms with Gasteiger partial charge >= 0.3 is 11.8 Å². The van der Waals surface area contributed by atoms with Crippen molar-refractivity contribution in [1.29, 1.82) is 0 Å². The molecule has 0 radical (unpaired) electrons. The predicted octanol–water partition coefficient (Wildman–Crippen LogP) is 2.47. The van der Waals surface area contributed by atoms with Crippen LogP contribution in [0.4, 0.5) is 11.5 Å². The summed E-state index contributed by atoms with van der Waals surface area (Å²) in [7, 11) is 2.13. The number of piperidine rings is 1. The number of aromatic nitrogens is 3. The lowest BCUT2D eigenvalue weighted by Crippen LogP contribution is -2.46. The lowest BCUT2D eigenvalue weighted by molar-refractivity contribution is -0.146. The summed E-state index contributed by atoms with van der Waals surface area (Å²) in [6.45, 7) is 4.65. The third kappa shape index (κ3) is 4.04. The van der Waals surface area contributed by atoms with Crippen LogP contribution in [0.3, 0.4) is 0 Å². The number of anilines is 2. The van der Waals surface area contributed by atoms with Crippen LogP contribution in [0.1, 0.15) is 42.5 Å². The van der Waals surface area contributed by atoms with E-state index < -0.39 is 11.8 Å². The van der Waals surface area contributed by atoms with E-state index in [1.165, 1.54) is 17.3 Å². The zero-order chi connectivity index (χ0) is 23.1. The van der Waals surface area contributed by atoms with Crippen molar-refractivity contribution < 1.29 is 9.59 Å². The summed E-state index contributed by atoms with van der Waals surface area (Å²) in [4.78, 5) is 34.5. The molecule has 2 amide bonds. The van der Waals surface area contributed by atoms with E-state index >= 15 is 0 Å². The molecule has 1 aromatic carbocycles. The first-order chi connectivity index (χ1) is 15.9. The standard InChI is InChI=1S/C24H29N7O2/c1-14-3-6-20(16-4-5-17-13-30(2)8-7-15(17)9-16)31(12-14)24(33)23(32)28-19-11-26-22(25)18-10-27-29-21(18)19/h4-5,9-11,14,20H,3,6-8,12-13H2,1-2H3,(H2,25,26)(H,27,29)(H,28,32). The van der Waals surface area contributed by atoms with E-state index in [4.69, 9.17) is 5.73 Å². The van der Waals surface area contributed by atoms with Crippen LogP contribution in [0.2, 0.25) is 0 Å². The first-order valence-corrected chi connectivity index (χ1v) is 11.4. The molecule has 0 aliphatic carbocycles. The van der Waals surface area contributed by atoms with Crippen molar-refractivity contribution in [2.24, 2.45) is 5.92 Å². The summed E-state index contributed by atoms with van der Waals surface area (Å²) >= 11 is 0. The van der Waals surface area contributed by atoms with Gasteiger partial charge in [-0.2, -0.15) is 5.10 Å². The molecule has 3 aromatic rings. The molecule has 0 spiro atoms. The van der Waals surface area contributed by atoms with Gasteiger partial charge in [0.05, 0.1) is 35.0 Å². The van der Waals surface area contributed by atoms with Crippen molar-refractivity contribution in [2.75, 3.05) is 31.2 Å². The Kier molecular flexibility index (Phi) is 5.49. The number of carbonyl (C=O) groups is 2. The Morgan fingerprint density at radius 3 is 2.91 bits per heavy atom. The van der Waals surface area contributed by atoms with E-state index in [0.717, 1.165) is 37.9 Å². The van der Waals surface area contributed by atoms with Gasteiger partial charge < -0.3 is 20.9 Å². The predicted molar refractivity (Wildman–Crippen MR) is 126 cm³/mol. The van der Waals surface area contributed by atoms with Crippen LogP contribution in [0.25, 0.3) is 10.9 Å². The second-order valence-corrected chi connectivity index (χ2v) is 9.34. The summed E-state index contributed by atoms with van der Waals surface area (Å²) in [6.07, 6.45) is 5.85. The maximum atomic E-state index is 13.3. The first kappa shape index (κ1) is 21.4. The molecular formula is C24H29N7O2. The zero-order valence-electron chi connectivity index (χ0n) is 19.0. The van der Waals surface area contributed by atoms with E-state index in [-0.39, 0.29) is 6.04 Å². The molecule has 9 heteroatoms. The van der Waals surface area contributed by atoms with Gasteiger partial charge in [-0.3, -0.25) is 14.7 Å². The monoisotopic (exact) mass is 447 g/mol. The van der Waals surface area contributed by atoms with Crippen molar-refractivity contribution in [3.8, 4) is 0 Å². The molecular weight excluding hydrogens is 418 g/mol. The number of H-pyrrole nitrogens is 1. The van der Waals surface area contributed by atoms with E-state index in [2.05, 4.69) is 57.6 Å². The third-order valence-corrected chi connectivity index (χ3v) is 6.86. The molecule has 33 heavy (non-hydrogen) atoms. The fraction of sp³-hybridized carbons (Fsp3) is 0.417. The Hall–Kier alpha value is -3.46. The zero-order valence-corrected chi connectivity index (χ0v) is 19.0. The first-order valence-electron chi connectivity index (χ1n) is 11.4. The number of amides is 2. The van der Waals surface area contributed by atoms with Gasteiger partial charge in [0.25, 0.3) is 0 Å². The number of likely N-dealkylation sites (N-methyl/N-ethyl adjacent to an activating group) is 1. The number of likely N-dealkylation sites (tertiary alicyclic amines) is 1. The Morgan fingerprint density at radius 1 is 1.21 bits per heavy atom. The molecule has 4 N–H and O–H groups in total. The van der Waals surface area contributed by atoms with Crippen LogP contribution in [-0.4, -0.2) is 56.9 Å². The minimum absolute atomic E-state index is 0.110. The number of aromatic amines is 1. The minimum Gasteiger partial charge on any atom is -0.383 e. The Balaban J connectivity index is 1.39. The number of fused-ring (bicyclic) bond motifs is 2. The minimum atomic E-state index is -0.684. The molecule has 2 aliphatic rings. The SMILES string of the molecule is CC1CCC(c2ccc3c(c2)CCN(C)C3)N(C(=O)C(=O)Nc2cnc(N)c3cn[nH]c23)C1. The van der Waals surface area contributed by atoms with Crippen LogP contribution < -0.4 is 11.1 Å². The molecule has 9 nitrogen and oxygen atoms in total. The quantitative estimate of drug-likeness (QED) is 0.519.